The molecule has 0 saturated heterocycles. The molecule has 1 aromatic heterocycles. The van der Waals surface area contributed by atoms with Gasteiger partial charge in [0.1, 0.15) is 10.9 Å². The summed E-state index contributed by atoms with van der Waals surface area (Å²) in [4.78, 5) is 1.66. The first-order valence-corrected chi connectivity index (χ1v) is 6.44. The SMILES string of the molecule is CCc1c(-c2ccc(Cl)cc2)sc(C#N)c1N. The Kier molecular flexibility index (Phi) is 3.37. The number of nitrogen functional groups attached to an aromatic ring is 1. The lowest BCUT2D eigenvalue weighted by molar-refractivity contribution is 1.16. The van der Waals surface area contributed by atoms with E-state index in [1.165, 1.54) is 11.3 Å². The molecule has 4 heteroatoms. The lowest BCUT2D eigenvalue weighted by Crippen LogP contribution is -1.91. The second kappa shape index (κ2) is 4.79. The minimum absolute atomic E-state index is 0.590. The van der Waals surface area contributed by atoms with Crippen LogP contribution in [0.15, 0.2) is 24.3 Å². The van der Waals surface area contributed by atoms with Gasteiger partial charge in [-0.05, 0) is 29.7 Å². The summed E-state index contributed by atoms with van der Waals surface area (Å²) in [5, 5.41) is 9.71. The molecule has 17 heavy (non-hydrogen) atoms. The average Bonchev–Trinajstić information content (AvgIpc) is 2.66. The van der Waals surface area contributed by atoms with Crippen LogP contribution >= 0.6 is 22.9 Å². The van der Waals surface area contributed by atoms with Gasteiger partial charge in [0.25, 0.3) is 0 Å². The molecule has 0 bridgehead atoms. The number of anilines is 1. The Morgan fingerprint density at radius 3 is 2.53 bits per heavy atom. The highest BCUT2D eigenvalue weighted by atomic mass is 35.5. The number of rotatable bonds is 2. The Morgan fingerprint density at radius 2 is 2.00 bits per heavy atom. The zero-order valence-electron chi connectivity index (χ0n) is 9.33. The van der Waals surface area contributed by atoms with Crippen LogP contribution in [0.25, 0.3) is 10.4 Å². The summed E-state index contributed by atoms with van der Waals surface area (Å²) in [6.07, 6.45) is 0.821. The quantitative estimate of drug-likeness (QED) is 0.886. The van der Waals surface area contributed by atoms with Crippen LogP contribution in [0.1, 0.15) is 17.4 Å². The Hall–Kier alpha value is -1.50. The Morgan fingerprint density at radius 1 is 1.35 bits per heavy atom. The molecule has 2 aromatic rings. The summed E-state index contributed by atoms with van der Waals surface area (Å²) in [6.45, 7) is 2.04. The highest BCUT2D eigenvalue weighted by Crippen LogP contribution is 2.38. The minimum atomic E-state index is 0.590. The van der Waals surface area contributed by atoms with Crippen molar-refractivity contribution in [3.05, 3.63) is 39.7 Å². The Balaban J connectivity index is 2.59. The third-order valence-electron chi connectivity index (χ3n) is 2.61. The average molecular weight is 263 g/mol. The molecule has 2 rings (SSSR count). The van der Waals surface area contributed by atoms with Crippen molar-refractivity contribution in [3.8, 4) is 16.5 Å². The first kappa shape index (κ1) is 12.0. The van der Waals surface area contributed by atoms with Gasteiger partial charge in [-0.25, -0.2) is 0 Å². The summed E-state index contributed by atoms with van der Waals surface area (Å²) in [5.41, 5.74) is 8.68. The third-order valence-corrected chi connectivity index (χ3v) is 4.06. The smallest absolute Gasteiger partial charge is 0.128 e. The monoisotopic (exact) mass is 262 g/mol. The van der Waals surface area contributed by atoms with E-state index in [-0.39, 0.29) is 0 Å². The molecule has 1 aromatic carbocycles. The van der Waals surface area contributed by atoms with E-state index in [9.17, 15) is 0 Å². The Labute approximate surface area is 109 Å². The van der Waals surface area contributed by atoms with Crippen molar-refractivity contribution < 1.29 is 0 Å². The van der Waals surface area contributed by atoms with E-state index in [0.29, 0.717) is 15.6 Å². The van der Waals surface area contributed by atoms with Crippen molar-refractivity contribution >= 4 is 28.6 Å². The van der Waals surface area contributed by atoms with Crippen LogP contribution in [0.3, 0.4) is 0 Å². The first-order valence-electron chi connectivity index (χ1n) is 5.24. The second-order valence-electron chi connectivity index (χ2n) is 3.62. The number of benzene rings is 1. The molecule has 2 nitrogen and oxygen atoms in total. The minimum Gasteiger partial charge on any atom is -0.397 e. The molecule has 0 amide bonds. The topological polar surface area (TPSA) is 49.8 Å². The van der Waals surface area contributed by atoms with E-state index in [2.05, 4.69) is 6.07 Å². The number of hydrogen-bond donors (Lipinski definition) is 1. The lowest BCUT2D eigenvalue weighted by Gasteiger charge is -2.02. The van der Waals surface area contributed by atoms with E-state index in [1.54, 1.807) is 0 Å². The van der Waals surface area contributed by atoms with Crippen molar-refractivity contribution in [1.29, 1.82) is 5.26 Å². The number of thiophene rings is 1. The molecule has 0 spiro atoms. The number of hydrogen-bond acceptors (Lipinski definition) is 3. The normalized spacial score (nSPS) is 10.2. The molecule has 0 radical (unpaired) electrons. The van der Waals surface area contributed by atoms with Gasteiger partial charge in [-0.15, -0.1) is 11.3 Å². The predicted octanol–water partition coefficient (Wildman–Crippen LogP) is 4.08. The molecule has 0 aliphatic carbocycles. The Bertz CT molecular complexity index is 579. The van der Waals surface area contributed by atoms with Crippen molar-refractivity contribution in [2.24, 2.45) is 0 Å². The van der Waals surface area contributed by atoms with E-state index < -0.39 is 0 Å². The maximum Gasteiger partial charge on any atom is 0.128 e. The molecule has 0 fully saturated rings. The van der Waals surface area contributed by atoms with Crippen molar-refractivity contribution in [3.63, 3.8) is 0 Å². The lowest BCUT2D eigenvalue weighted by atomic mass is 10.1. The molecule has 2 N–H and O–H groups in total. The molecule has 0 unspecified atom stereocenters. The zero-order chi connectivity index (χ0) is 12.4. The van der Waals surface area contributed by atoms with Gasteiger partial charge < -0.3 is 5.73 Å². The van der Waals surface area contributed by atoms with Gasteiger partial charge >= 0.3 is 0 Å². The van der Waals surface area contributed by atoms with Gasteiger partial charge in [0.2, 0.25) is 0 Å². The van der Waals surface area contributed by atoms with Crippen LogP contribution in [0.5, 0.6) is 0 Å². The van der Waals surface area contributed by atoms with Gasteiger partial charge in [-0.1, -0.05) is 30.7 Å². The number of halogens is 1. The number of nitrogens with zero attached hydrogens (tertiary/aromatic N) is 1. The van der Waals surface area contributed by atoms with E-state index in [0.717, 1.165) is 22.4 Å². The number of nitriles is 1. The van der Waals surface area contributed by atoms with Crippen LogP contribution in [0.4, 0.5) is 5.69 Å². The van der Waals surface area contributed by atoms with Crippen LogP contribution in [-0.2, 0) is 6.42 Å². The van der Waals surface area contributed by atoms with Gasteiger partial charge in [0, 0.05) is 9.90 Å². The van der Waals surface area contributed by atoms with Gasteiger partial charge in [-0.3, -0.25) is 0 Å². The van der Waals surface area contributed by atoms with Crippen molar-refractivity contribution in [1.82, 2.24) is 0 Å². The summed E-state index contributed by atoms with van der Waals surface area (Å²) < 4.78 is 0. The fourth-order valence-electron chi connectivity index (χ4n) is 1.75. The van der Waals surface area contributed by atoms with Gasteiger partial charge in [0.05, 0.1) is 5.69 Å². The summed E-state index contributed by atoms with van der Waals surface area (Å²) in [7, 11) is 0. The zero-order valence-corrected chi connectivity index (χ0v) is 10.9. The fraction of sp³-hybridized carbons (Fsp3) is 0.154. The molecule has 0 atom stereocenters. The van der Waals surface area contributed by atoms with Gasteiger partial charge in [-0.2, -0.15) is 5.26 Å². The maximum absolute atomic E-state index is 9.00. The molecular weight excluding hydrogens is 252 g/mol. The highest BCUT2D eigenvalue weighted by Gasteiger charge is 2.15. The number of nitrogens with two attached hydrogens (primary N) is 1. The predicted molar refractivity (Wildman–Crippen MR) is 73.3 cm³/mol. The molecule has 1 heterocycles. The molecule has 0 saturated carbocycles. The largest absolute Gasteiger partial charge is 0.397 e. The molecular formula is C13H11ClN2S. The van der Waals surface area contributed by atoms with Crippen LogP contribution in [0.2, 0.25) is 5.02 Å². The van der Waals surface area contributed by atoms with Gasteiger partial charge in [0.15, 0.2) is 0 Å². The maximum atomic E-state index is 9.00. The third kappa shape index (κ3) is 2.14. The summed E-state index contributed by atoms with van der Waals surface area (Å²) in [6, 6.07) is 9.73. The van der Waals surface area contributed by atoms with Crippen molar-refractivity contribution in [2.75, 3.05) is 5.73 Å². The standard InChI is InChI=1S/C13H11ClN2S/c1-2-10-12(16)11(7-15)17-13(10)8-3-5-9(14)6-4-8/h3-6H,2,16H2,1H3. The molecule has 0 aliphatic rings. The molecule has 0 aliphatic heterocycles. The van der Waals surface area contributed by atoms with Crippen molar-refractivity contribution in [2.45, 2.75) is 13.3 Å². The molecule has 86 valence electrons. The second-order valence-corrected chi connectivity index (χ2v) is 5.08. The summed E-state index contributed by atoms with van der Waals surface area (Å²) in [5.74, 6) is 0. The van der Waals surface area contributed by atoms with Crippen LogP contribution < -0.4 is 5.73 Å². The highest BCUT2D eigenvalue weighted by molar-refractivity contribution is 7.16. The van der Waals surface area contributed by atoms with Crippen LogP contribution in [-0.4, -0.2) is 0 Å². The fourth-order valence-corrected chi connectivity index (χ4v) is 2.99. The first-order chi connectivity index (χ1) is 8.17. The van der Waals surface area contributed by atoms with E-state index in [1.807, 2.05) is 31.2 Å². The summed E-state index contributed by atoms with van der Waals surface area (Å²) >= 11 is 7.30. The van der Waals surface area contributed by atoms with Crippen LogP contribution in [0, 0.1) is 11.3 Å². The van der Waals surface area contributed by atoms with E-state index in [4.69, 9.17) is 22.6 Å². The van der Waals surface area contributed by atoms with E-state index >= 15 is 0 Å².